The lowest BCUT2D eigenvalue weighted by Gasteiger charge is -2.16. The Hall–Kier alpha value is -3.02. The summed E-state index contributed by atoms with van der Waals surface area (Å²) >= 11 is 0. The number of fused-ring (bicyclic) bond motifs is 1. The molecule has 0 unspecified atom stereocenters. The topological polar surface area (TPSA) is 101 Å². The fourth-order valence-corrected chi connectivity index (χ4v) is 2.88. The van der Waals surface area contributed by atoms with E-state index in [1.165, 1.54) is 7.11 Å². The number of phenols is 1. The van der Waals surface area contributed by atoms with Crippen molar-refractivity contribution in [3.63, 3.8) is 0 Å². The molecule has 0 aliphatic heterocycles. The summed E-state index contributed by atoms with van der Waals surface area (Å²) in [5.74, 6) is -0.356. The van der Waals surface area contributed by atoms with Gasteiger partial charge in [-0.25, -0.2) is 4.79 Å². The van der Waals surface area contributed by atoms with E-state index in [0.29, 0.717) is 22.3 Å². The van der Waals surface area contributed by atoms with Gasteiger partial charge in [-0.1, -0.05) is 6.07 Å². The monoisotopic (exact) mass is 311 g/mol. The largest absolute Gasteiger partial charge is 0.508 e. The Morgan fingerprint density at radius 3 is 2.78 bits per heavy atom. The molecule has 0 spiro atoms. The van der Waals surface area contributed by atoms with Crippen molar-refractivity contribution in [2.75, 3.05) is 12.8 Å². The summed E-state index contributed by atoms with van der Waals surface area (Å²) in [4.78, 5) is 12.2. The lowest BCUT2D eigenvalue weighted by Crippen LogP contribution is -2.08. The number of hydrogen-bond acceptors (Lipinski definition) is 5. The number of methoxy groups -OCH3 is 1. The summed E-state index contributed by atoms with van der Waals surface area (Å²) in [6.07, 6.45) is 1.62. The van der Waals surface area contributed by atoms with Crippen molar-refractivity contribution in [2.45, 2.75) is 13.8 Å². The van der Waals surface area contributed by atoms with E-state index in [1.807, 2.05) is 26.0 Å². The highest BCUT2D eigenvalue weighted by atomic mass is 16.5. The van der Waals surface area contributed by atoms with Crippen LogP contribution in [-0.2, 0) is 4.74 Å². The second-order valence-corrected chi connectivity index (χ2v) is 5.44. The van der Waals surface area contributed by atoms with Crippen LogP contribution in [0.4, 0.5) is 5.69 Å². The zero-order chi connectivity index (χ0) is 16.7. The van der Waals surface area contributed by atoms with Gasteiger partial charge in [0, 0.05) is 10.9 Å². The number of nitrogen functional groups attached to an aromatic ring is 1. The fraction of sp³-hybridized carbons (Fsp3) is 0.176. The number of nitrogens with two attached hydrogens (primary N) is 1. The first-order chi connectivity index (χ1) is 11.0. The molecule has 0 atom stereocenters. The number of anilines is 1. The van der Waals surface area contributed by atoms with Crippen LogP contribution in [0.3, 0.4) is 0 Å². The van der Waals surface area contributed by atoms with E-state index < -0.39 is 5.97 Å². The van der Waals surface area contributed by atoms with Crippen LogP contribution in [-0.4, -0.2) is 28.4 Å². The highest BCUT2D eigenvalue weighted by molar-refractivity contribution is 6.11. The van der Waals surface area contributed by atoms with Crippen molar-refractivity contribution < 1.29 is 14.6 Å². The first-order valence-electron chi connectivity index (χ1n) is 7.09. The molecule has 2 aromatic carbocycles. The number of aromatic nitrogens is 2. The third kappa shape index (κ3) is 2.19. The second-order valence-electron chi connectivity index (χ2n) is 5.44. The van der Waals surface area contributed by atoms with Crippen molar-refractivity contribution in [2.24, 2.45) is 0 Å². The molecule has 1 heterocycles. The van der Waals surface area contributed by atoms with Gasteiger partial charge in [0.05, 0.1) is 24.5 Å². The first-order valence-corrected chi connectivity index (χ1v) is 7.09. The number of rotatable bonds is 2. The molecule has 3 rings (SSSR count). The van der Waals surface area contributed by atoms with Crippen LogP contribution in [0.15, 0.2) is 24.4 Å². The van der Waals surface area contributed by atoms with E-state index in [4.69, 9.17) is 10.5 Å². The minimum absolute atomic E-state index is 0.178. The van der Waals surface area contributed by atoms with E-state index in [1.54, 1.807) is 12.3 Å². The lowest BCUT2D eigenvalue weighted by molar-refractivity contribution is 0.0604. The van der Waals surface area contributed by atoms with Gasteiger partial charge in [0.15, 0.2) is 0 Å². The molecule has 23 heavy (non-hydrogen) atoms. The van der Waals surface area contributed by atoms with Crippen molar-refractivity contribution in [3.8, 4) is 16.9 Å². The van der Waals surface area contributed by atoms with Crippen molar-refractivity contribution in [1.82, 2.24) is 10.2 Å². The highest BCUT2D eigenvalue weighted by Crippen LogP contribution is 2.39. The van der Waals surface area contributed by atoms with Crippen LogP contribution in [0, 0.1) is 13.8 Å². The molecule has 0 radical (unpaired) electrons. The number of hydrogen-bond donors (Lipinski definition) is 3. The summed E-state index contributed by atoms with van der Waals surface area (Å²) in [5, 5.41) is 17.5. The Kier molecular flexibility index (Phi) is 3.44. The van der Waals surface area contributed by atoms with Gasteiger partial charge >= 0.3 is 5.97 Å². The Morgan fingerprint density at radius 1 is 1.35 bits per heavy atom. The number of benzene rings is 2. The zero-order valence-electron chi connectivity index (χ0n) is 13.1. The zero-order valence-corrected chi connectivity index (χ0v) is 13.1. The summed E-state index contributed by atoms with van der Waals surface area (Å²) in [7, 11) is 1.31. The second kappa shape index (κ2) is 5.31. The Balaban J connectivity index is 2.42. The standard InChI is InChI=1S/C17H17N3O3/c1-8-4-5-12(21)9(2)13(8)11-6-10-7-19-20-16(10)14(15(11)18)17(22)23-3/h4-7,21H,18H2,1-3H3,(H,19,20). The molecule has 0 bridgehead atoms. The van der Waals surface area contributed by atoms with Crippen molar-refractivity contribution in [1.29, 1.82) is 0 Å². The minimum Gasteiger partial charge on any atom is -0.508 e. The van der Waals surface area contributed by atoms with Gasteiger partial charge in [-0.15, -0.1) is 0 Å². The van der Waals surface area contributed by atoms with Crippen LogP contribution in [0.5, 0.6) is 5.75 Å². The summed E-state index contributed by atoms with van der Waals surface area (Å²) < 4.78 is 4.85. The van der Waals surface area contributed by atoms with E-state index in [2.05, 4.69) is 10.2 Å². The number of aromatic hydroxyl groups is 1. The van der Waals surface area contributed by atoms with Crippen LogP contribution >= 0.6 is 0 Å². The maximum atomic E-state index is 12.2. The van der Waals surface area contributed by atoms with Gasteiger partial charge in [-0.3, -0.25) is 5.10 Å². The van der Waals surface area contributed by atoms with Crippen LogP contribution < -0.4 is 5.73 Å². The van der Waals surface area contributed by atoms with E-state index in [0.717, 1.165) is 16.5 Å². The molecule has 3 aromatic rings. The summed E-state index contributed by atoms with van der Waals surface area (Å²) in [6, 6.07) is 5.31. The average Bonchev–Trinajstić information content (AvgIpc) is 2.99. The first kappa shape index (κ1) is 14.9. The van der Waals surface area contributed by atoms with Crippen molar-refractivity contribution >= 4 is 22.6 Å². The third-order valence-electron chi connectivity index (χ3n) is 4.08. The van der Waals surface area contributed by atoms with E-state index in [-0.39, 0.29) is 11.3 Å². The Bertz CT molecular complexity index is 928. The molecule has 0 saturated carbocycles. The van der Waals surface area contributed by atoms with Crippen LogP contribution in [0.1, 0.15) is 21.5 Å². The summed E-state index contributed by atoms with van der Waals surface area (Å²) in [6.45, 7) is 3.74. The predicted molar refractivity (Wildman–Crippen MR) is 88.4 cm³/mol. The normalized spacial score (nSPS) is 10.9. The van der Waals surface area contributed by atoms with E-state index >= 15 is 0 Å². The van der Waals surface area contributed by atoms with Gasteiger partial charge in [0.25, 0.3) is 0 Å². The van der Waals surface area contributed by atoms with Gasteiger partial charge < -0.3 is 15.6 Å². The number of aryl methyl sites for hydroxylation is 1. The molecule has 0 fully saturated rings. The molecule has 0 amide bonds. The smallest absolute Gasteiger partial charge is 0.342 e. The molecular formula is C17H17N3O3. The minimum atomic E-state index is -0.533. The van der Waals surface area contributed by atoms with Gasteiger partial charge in [-0.05, 0) is 42.7 Å². The molecule has 1 aromatic heterocycles. The quantitative estimate of drug-likeness (QED) is 0.499. The highest BCUT2D eigenvalue weighted by Gasteiger charge is 2.22. The number of esters is 1. The fourth-order valence-electron chi connectivity index (χ4n) is 2.88. The molecule has 6 nitrogen and oxygen atoms in total. The van der Waals surface area contributed by atoms with E-state index in [9.17, 15) is 9.90 Å². The Morgan fingerprint density at radius 2 is 2.09 bits per heavy atom. The number of ether oxygens (including phenoxy) is 1. The Labute approximate surface area is 132 Å². The molecule has 118 valence electrons. The van der Waals surface area contributed by atoms with Gasteiger partial charge in [0.1, 0.15) is 11.3 Å². The molecule has 0 aliphatic carbocycles. The van der Waals surface area contributed by atoms with Gasteiger partial charge in [-0.2, -0.15) is 5.10 Å². The lowest BCUT2D eigenvalue weighted by atomic mass is 9.91. The number of H-pyrrole nitrogens is 1. The predicted octanol–water partition coefficient (Wildman–Crippen LogP) is 2.92. The number of phenolic OH excluding ortho intramolecular Hbond substituents is 1. The molecular weight excluding hydrogens is 294 g/mol. The van der Waals surface area contributed by atoms with Crippen molar-refractivity contribution in [3.05, 3.63) is 41.1 Å². The van der Waals surface area contributed by atoms with Crippen LogP contribution in [0.2, 0.25) is 0 Å². The SMILES string of the molecule is COC(=O)c1c(N)c(-c2c(C)ccc(O)c2C)cc2cn[nH]c12. The molecule has 0 saturated heterocycles. The number of aromatic amines is 1. The van der Waals surface area contributed by atoms with Crippen LogP contribution in [0.25, 0.3) is 22.0 Å². The molecule has 6 heteroatoms. The number of nitrogens with zero attached hydrogens (tertiary/aromatic N) is 1. The maximum Gasteiger partial charge on any atom is 0.342 e. The number of carbonyl (C=O) groups excluding carboxylic acids is 1. The number of carbonyl (C=O) groups is 1. The average molecular weight is 311 g/mol. The third-order valence-corrected chi connectivity index (χ3v) is 4.08. The summed E-state index contributed by atoms with van der Waals surface area (Å²) in [5.41, 5.74) is 10.5. The molecule has 4 N–H and O–H groups in total. The maximum absolute atomic E-state index is 12.2. The molecule has 0 aliphatic rings. The van der Waals surface area contributed by atoms with Gasteiger partial charge in [0.2, 0.25) is 0 Å². The number of nitrogens with one attached hydrogen (secondary N) is 1.